The van der Waals surface area contributed by atoms with Gasteiger partial charge in [-0.15, -0.1) is 0 Å². The normalized spacial score (nSPS) is 20.1. The molecular weight excluding hydrogens is 494 g/mol. The first-order valence-corrected chi connectivity index (χ1v) is 12.5. The molecule has 1 N–H and O–H groups in total. The van der Waals surface area contributed by atoms with Crippen LogP contribution in [0.5, 0.6) is 0 Å². The van der Waals surface area contributed by atoms with Crippen LogP contribution >= 0.6 is 27.7 Å². The number of ether oxygens (including phenoxy) is 1. The van der Waals surface area contributed by atoms with E-state index in [1.165, 1.54) is 4.90 Å². The predicted octanol–water partition coefficient (Wildman–Crippen LogP) is 4.54. The number of nitrogens with zero attached hydrogens (tertiary/aromatic N) is 2. The molecule has 2 aliphatic heterocycles. The molecule has 7 nitrogen and oxygen atoms in total. The first kappa shape index (κ1) is 23.1. The summed E-state index contributed by atoms with van der Waals surface area (Å²) in [6.07, 6.45) is 7.42. The van der Waals surface area contributed by atoms with Crippen molar-refractivity contribution in [1.82, 2.24) is 14.8 Å². The number of thioether (sulfide) groups is 1. The van der Waals surface area contributed by atoms with Crippen molar-refractivity contribution in [3.05, 3.63) is 39.3 Å². The average molecular weight is 520 g/mol. The molecule has 2 fully saturated rings. The van der Waals surface area contributed by atoms with Gasteiger partial charge in [-0.1, -0.05) is 29.3 Å². The minimum absolute atomic E-state index is 0.0910. The first-order valence-electron chi connectivity index (χ1n) is 10.9. The summed E-state index contributed by atoms with van der Waals surface area (Å²) >= 11 is 4.47. The van der Waals surface area contributed by atoms with Gasteiger partial charge in [0.05, 0.1) is 11.0 Å². The summed E-state index contributed by atoms with van der Waals surface area (Å²) < 4.78 is 8.34. The Balaban J connectivity index is 1.56. The first-order chi connectivity index (χ1) is 15.5. The van der Waals surface area contributed by atoms with Crippen LogP contribution < -0.4 is 5.32 Å². The molecule has 1 aromatic heterocycles. The molecular formula is C23H26BrN3O4S. The molecule has 2 aliphatic rings. The Morgan fingerprint density at radius 2 is 2.22 bits per heavy atom. The molecule has 3 heterocycles. The van der Waals surface area contributed by atoms with Crippen molar-refractivity contribution in [3.63, 3.8) is 0 Å². The molecule has 0 bridgehead atoms. The monoisotopic (exact) mass is 519 g/mol. The van der Waals surface area contributed by atoms with Crippen molar-refractivity contribution in [3.8, 4) is 0 Å². The number of fused-ring (bicyclic) bond motifs is 1. The minimum Gasteiger partial charge on any atom is -0.376 e. The molecule has 0 aliphatic carbocycles. The van der Waals surface area contributed by atoms with E-state index in [2.05, 4.69) is 21.2 Å². The van der Waals surface area contributed by atoms with Crippen LogP contribution in [-0.4, -0.2) is 52.3 Å². The zero-order valence-electron chi connectivity index (χ0n) is 17.9. The van der Waals surface area contributed by atoms with Gasteiger partial charge in [-0.25, -0.2) is 0 Å². The average Bonchev–Trinajstić information content (AvgIpc) is 3.46. The number of imide groups is 1. The van der Waals surface area contributed by atoms with Gasteiger partial charge in [0.25, 0.3) is 11.1 Å². The molecule has 2 aromatic rings. The second-order valence-electron chi connectivity index (χ2n) is 8.00. The highest BCUT2D eigenvalue weighted by Gasteiger charge is 2.34. The standard InChI is InChI=1S/C23H26BrN3O4S/c1-2-3-8-27-22(29)20(32-23(27)30)10-15-13-26(19-7-6-16(24)11-18(15)19)14-21(28)25-12-17-5-4-9-31-17/h6-7,10-11,13,17H,2-5,8-9,12,14H2,1H3,(H,25,28)/b20-10-/t17-/m1/s1. The molecule has 3 amide bonds. The number of nitrogens with one attached hydrogen (secondary N) is 1. The maximum absolute atomic E-state index is 12.7. The minimum atomic E-state index is -0.251. The Hall–Kier alpha value is -2.10. The zero-order valence-corrected chi connectivity index (χ0v) is 20.3. The number of aromatic nitrogens is 1. The van der Waals surface area contributed by atoms with Gasteiger partial charge in [-0.3, -0.25) is 19.3 Å². The van der Waals surface area contributed by atoms with Crippen molar-refractivity contribution in [2.45, 2.75) is 45.3 Å². The smallest absolute Gasteiger partial charge is 0.293 e. The summed E-state index contributed by atoms with van der Waals surface area (Å²) in [5, 5.41) is 3.63. The predicted molar refractivity (Wildman–Crippen MR) is 129 cm³/mol. The SMILES string of the molecule is CCCCN1C(=O)S/C(=C\c2cn(CC(=O)NC[C@H]3CCCO3)c3ccc(Br)cc23)C1=O. The fourth-order valence-electron chi connectivity index (χ4n) is 3.94. The number of halogens is 1. The number of rotatable bonds is 8. The fourth-order valence-corrected chi connectivity index (χ4v) is 5.15. The third-order valence-corrected chi connectivity index (χ3v) is 7.03. The number of hydrogen-bond donors (Lipinski definition) is 1. The van der Waals surface area contributed by atoms with Gasteiger partial charge >= 0.3 is 0 Å². The molecule has 0 radical (unpaired) electrons. The summed E-state index contributed by atoms with van der Waals surface area (Å²) in [6.45, 7) is 3.90. The Labute approximate surface area is 199 Å². The third-order valence-electron chi connectivity index (χ3n) is 5.63. The van der Waals surface area contributed by atoms with Gasteiger partial charge in [0, 0.05) is 46.8 Å². The quantitative estimate of drug-likeness (QED) is 0.518. The van der Waals surface area contributed by atoms with Crippen molar-refractivity contribution < 1.29 is 19.1 Å². The van der Waals surface area contributed by atoms with Crippen molar-refractivity contribution in [2.75, 3.05) is 19.7 Å². The van der Waals surface area contributed by atoms with E-state index in [0.29, 0.717) is 18.0 Å². The summed E-state index contributed by atoms with van der Waals surface area (Å²) in [5.74, 6) is -0.342. The molecule has 32 heavy (non-hydrogen) atoms. The highest BCUT2D eigenvalue weighted by molar-refractivity contribution is 9.10. The van der Waals surface area contributed by atoms with Gasteiger partial charge in [-0.2, -0.15) is 0 Å². The molecule has 1 atom stereocenters. The molecule has 9 heteroatoms. The van der Waals surface area contributed by atoms with Gasteiger partial charge in [0.1, 0.15) is 6.54 Å². The van der Waals surface area contributed by atoms with Crippen molar-refractivity contribution in [2.24, 2.45) is 0 Å². The van der Waals surface area contributed by atoms with Gasteiger partial charge in [0.2, 0.25) is 5.91 Å². The lowest BCUT2D eigenvalue weighted by atomic mass is 10.1. The number of carbonyl (C=O) groups excluding carboxylic acids is 3. The second-order valence-corrected chi connectivity index (χ2v) is 9.91. The number of amides is 3. The second kappa shape index (κ2) is 10.2. The highest BCUT2D eigenvalue weighted by atomic mass is 79.9. The van der Waals surface area contributed by atoms with E-state index in [-0.39, 0.29) is 29.7 Å². The topological polar surface area (TPSA) is 80.6 Å². The van der Waals surface area contributed by atoms with Crippen LogP contribution in [0.4, 0.5) is 4.79 Å². The molecule has 1 aromatic carbocycles. The molecule has 170 valence electrons. The van der Waals surface area contributed by atoms with Crippen LogP contribution in [0, 0.1) is 0 Å². The Morgan fingerprint density at radius 3 is 2.97 bits per heavy atom. The fraction of sp³-hybridized carbons (Fsp3) is 0.435. The van der Waals surface area contributed by atoms with Crippen LogP contribution in [0.3, 0.4) is 0 Å². The van der Waals surface area contributed by atoms with Crippen LogP contribution in [0.2, 0.25) is 0 Å². The molecule has 0 saturated carbocycles. The van der Waals surface area contributed by atoms with E-state index in [9.17, 15) is 14.4 Å². The summed E-state index contributed by atoms with van der Waals surface area (Å²) in [6, 6.07) is 5.83. The van der Waals surface area contributed by atoms with E-state index in [1.54, 1.807) is 6.08 Å². The largest absolute Gasteiger partial charge is 0.376 e. The van der Waals surface area contributed by atoms with Crippen LogP contribution in [-0.2, 0) is 20.9 Å². The van der Waals surface area contributed by atoms with Gasteiger partial charge < -0.3 is 14.6 Å². The van der Waals surface area contributed by atoms with Crippen LogP contribution in [0.1, 0.15) is 38.2 Å². The Kier molecular flexibility index (Phi) is 7.37. The lowest BCUT2D eigenvalue weighted by molar-refractivity contribution is -0.123. The van der Waals surface area contributed by atoms with Crippen LogP contribution in [0.15, 0.2) is 33.8 Å². The summed E-state index contributed by atoms with van der Waals surface area (Å²) in [5.41, 5.74) is 1.69. The number of unbranched alkanes of at least 4 members (excludes halogenated alkanes) is 1. The Bertz CT molecular complexity index is 1070. The van der Waals surface area contributed by atoms with Crippen LogP contribution in [0.25, 0.3) is 17.0 Å². The van der Waals surface area contributed by atoms with E-state index in [4.69, 9.17) is 4.74 Å². The zero-order chi connectivity index (χ0) is 22.7. The van der Waals surface area contributed by atoms with E-state index < -0.39 is 0 Å². The van der Waals surface area contributed by atoms with E-state index >= 15 is 0 Å². The number of carbonyl (C=O) groups is 3. The van der Waals surface area contributed by atoms with Gasteiger partial charge in [0.15, 0.2) is 0 Å². The number of benzene rings is 1. The number of hydrogen-bond acceptors (Lipinski definition) is 5. The van der Waals surface area contributed by atoms with E-state index in [1.807, 2.05) is 35.9 Å². The lowest BCUT2D eigenvalue weighted by Gasteiger charge is -2.11. The highest BCUT2D eigenvalue weighted by Crippen LogP contribution is 2.35. The molecule has 4 rings (SSSR count). The molecule has 2 saturated heterocycles. The van der Waals surface area contributed by atoms with Gasteiger partial charge in [-0.05, 0) is 55.3 Å². The third kappa shape index (κ3) is 5.10. The lowest BCUT2D eigenvalue weighted by Crippen LogP contribution is -2.34. The van der Waals surface area contributed by atoms with Crippen molar-refractivity contribution >= 4 is 61.7 Å². The molecule has 0 unspecified atom stereocenters. The summed E-state index contributed by atoms with van der Waals surface area (Å²) in [7, 11) is 0. The maximum Gasteiger partial charge on any atom is 0.293 e. The van der Waals surface area contributed by atoms with E-state index in [0.717, 1.165) is 65.0 Å². The summed E-state index contributed by atoms with van der Waals surface area (Å²) in [4.78, 5) is 39.3. The molecule has 0 spiro atoms. The van der Waals surface area contributed by atoms with Crippen molar-refractivity contribution in [1.29, 1.82) is 0 Å². The maximum atomic E-state index is 12.7. The Morgan fingerprint density at radius 1 is 1.38 bits per heavy atom.